The Morgan fingerprint density at radius 3 is 2.74 bits per heavy atom. The molecule has 0 bridgehead atoms. The zero-order chi connectivity index (χ0) is 13.9. The van der Waals surface area contributed by atoms with Crippen LogP contribution in [-0.4, -0.2) is 60.6 Å². The largest absolute Gasteiger partial charge is 0.481 e. The van der Waals surface area contributed by atoms with Crippen molar-refractivity contribution in [2.75, 3.05) is 39.8 Å². The molecule has 1 saturated carbocycles. The van der Waals surface area contributed by atoms with Gasteiger partial charge in [-0.3, -0.25) is 4.79 Å². The highest BCUT2D eigenvalue weighted by Crippen LogP contribution is 2.40. The van der Waals surface area contributed by atoms with Crippen LogP contribution in [0, 0.1) is 11.3 Å². The first-order valence-corrected chi connectivity index (χ1v) is 7.66. The van der Waals surface area contributed by atoms with E-state index in [0.717, 1.165) is 58.4 Å². The maximum absolute atomic E-state index is 11.8. The van der Waals surface area contributed by atoms with Crippen LogP contribution in [-0.2, 0) is 4.79 Å². The van der Waals surface area contributed by atoms with Gasteiger partial charge in [0.25, 0.3) is 0 Å². The molecule has 2 atom stereocenters. The Bertz CT molecular complexity index is 321. The number of hydrogen-bond acceptors (Lipinski definition) is 3. The second-order valence-corrected chi connectivity index (χ2v) is 6.72. The molecule has 4 heteroatoms. The molecule has 2 aliphatic rings. The summed E-state index contributed by atoms with van der Waals surface area (Å²) >= 11 is 0. The number of carboxylic acids is 1. The van der Waals surface area contributed by atoms with Gasteiger partial charge in [0.05, 0.1) is 5.41 Å². The van der Waals surface area contributed by atoms with Crippen molar-refractivity contribution in [3.05, 3.63) is 0 Å². The molecule has 4 nitrogen and oxygen atoms in total. The molecule has 0 spiro atoms. The zero-order valence-electron chi connectivity index (χ0n) is 12.4. The molecule has 1 saturated heterocycles. The van der Waals surface area contributed by atoms with Crippen LogP contribution in [0.2, 0.25) is 0 Å². The smallest absolute Gasteiger partial charge is 0.310 e. The summed E-state index contributed by atoms with van der Waals surface area (Å²) in [6, 6.07) is 0. The van der Waals surface area contributed by atoms with Gasteiger partial charge in [-0.2, -0.15) is 0 Å². The first-order chi connectivity index (χ1) is 9.02. The zero-order valence-corrected chi connectivity index (χ0v) is 12.4. The second kappa shape index (κ2) is 6.23. The highest BCUT2D eigenvalue weighted by atomic mass is 16.4. The van der Waals surface area contributed by atoms with E-state index in [4.69, 9.17) is 0 Å². The molecule has 1 aliphatic heterocycles. The van der Waals surface area contributed by atoms with Crippen molar-refractivity contribution in [2.24, 2.45) is 11.3 Å². The molecule has 0 aromatic rings. The van der Waals surface area contributed by atoms with Crippen molar-refractivity contribution in [2.45, 2.75) is 39.0 Å². The van der Waals surface area contributed by atoms with E-state index < -0.39 is 11.4 Å². The van der Waals surface area contributed by atoms with Gasteiger partial charge in [0.2, 0.25) is 0 Å². The number of likely N-dealkylation sites (N-methyl/N-ethyl adjacent to an activating group) is 1. The summed E-state index contributed by atoms with van der Waals surface area (Å²) in [4.78, 5) is 16.5. The van der Waals surface area contributed by atoms with Gasteiger partial charge in [-0.05, 0) is 45.3 Å². The maximum Gasteiger partial charge on any atom is 0.310 e. The van der Waals surface area contributed by atoms with E-state index in [-0.39, 0.29) is 0 Å². The predicted molar refractivity (Wildman–Crippen MR) is 76.3 cm³/mol. The van der Waals surface area contributed by atoms with E-state index >= 15 is 0 Å². The Morgan fingerprint density at radius 1 is 1.26 bits per heavy atom. The van der Waals surface area contributed by atoms with E-state index in [1.165, 1.54) is 6.42 Å². The van der Waals surface area contributed by atoms with E-state index in [9.17, 15) is 9.90 Å². The third-order valence-electron chi connectivity index (χ3n) is 4.88. The molecule has 2 fully saturated rings. The summed E-state index contributed by atoms with van der Waals surface area (Å²) in [5.41, 5.74) is -0.486. The molecule has 0 aromatic carbocycles. The summed E-state index contributed by atoms with van der Waals surface area (Å²) < 4.78 is 0. The number of carboxylic acid groups (broad SMARTS) is 1. The fraction of sp³-hybridized carbons (Fsp3) is 0.933. The van der Waals surface area contributed by atoms with Crippen LogP contribution in [0.15, 0.2) is 0 Å². The van der Waals surface area contributed by atoms with Gasteiger partial charge >= 0.3 is 5.97 Å². The summed E-state index contributed by atoms with van der Waals surface area (Å²) in [5, 5.41) is 9.72. The summed E-state index contributed by atoms with van der Waals surface area (Å²) in [7, 11) is 2.15. The van der Waals surface area contributed by atoms with Crippen LogP contribution in [0.4, 0.5) is 0 Å². The fourth-order valence-corrected chi connectivity index (χ4v) is 3.75. The molecule has 110 valence electrons. The second-order valence-electron chi connectivity index (χ2n) is 6.72. The molecule has 19 heavy (non-hydrogen) atoms. The first-order valence-electron chi connectivity index (χ1n) is 7.66. The highest BCUT2D eigenvalue weighted by Gasteiger charge is 2.43. The normalized spacial score (nSPS) is 34.9. The van der Waals surface area contributed by atoms with E-state index in [0.29, 0.717) is 5.92 Å². The summed E-state index contributed by atoms with van der Waals surface area (Å²) in [6.07, 6.45) is 5.13. The Morgan fingerprint density at radius 2 is 2.05 bits per heavy atom. The Balaban J connectivity index is 2.01. The van der Waals surface area contributed by atoms with Crippen LogP contribution in [0.25, 0.3) is 0 Å². The molecule has 2 unspecified atom stereocenters. The lowest BCUT2D eigenvalue weighted by Gasteiger charge is -2.39. The van der Waals surface area contributed by atoms with Crippen LogP contribution in [0.5, 0.6) is 0 Å². The van der Waals surface area contributed by atoms with Crippen molar-refractivity contribution in [1.29, 1.82) is 0 Å². The van der Waals surface area contributed by atoms with Crippen molar-refractivity contribution in [3.63, 3.8) is 0 Å². The lowest BCUT2D eigenvalue weighted by atomic mass is 9.69. The van der Waals surface area contributed by atoms with Crippen molar-refractivity contribution >= 4 is 5.97 Å². The minimum absolute atomic E-state index is 0.486. The molecule has 1 heterocycles. The summed E-state index contributed by atoms with van der Waals surface area (Å²) in [6.45, 7) is 7.21. The minimum Gasteiger partial charge on any atom is -0.481 e. The molecule has 0 radical (unpaired) electrons. The van der Waals surface area contributed by atoms with Crippen LogP contribution in [0.3, 0.4) is 0 Å². The number of hydrogen-bond donors (Lipinski definition) is 1. The molecule has 0 aromatic heterocycles. The average molecular weight is 268 g/mol. The van der Waals surface area contributed by atoms with Crippen LogP contribution in [0.1, 0.15) is 39.0 Å². The monoisotopic (exact) mass is 268 g/mol. The topological polar surface area (TPSA) is 43.8 Å². The van der Waals surface area contributed by atoms with Gasteiger partial charge in [-0.15, -0.1) is 0 Å². The number of nitrogens with zero attached hydrogens (tertiary/aromatic N) is 2. The minimum atomic E-state index is -0.573. The lowest BCUT2D eigenvalue weighted by Crippen LogP contribution is -2.46. The third kappa shape index (κ3) is 3.69. The lowest BCUT2D eigenvalue weighted by molar-refractivity contribution is -0.153. The molecule has 1 aliphatic carbocycles. The van der Waals surface area contributed by atoms with Crippen LogP contribution >= 0.6 is 0 Å². The number of rotatable bonds is 3. The number of aliphatic carboxylic acids is 1. The van der Waals surface area contributed by atoms with Crippen molar-refractivity contribution in [3.8, 4) is 0 Å². The Hall–Kier alpha value is -0.610. The fourth-order valence-electron chi connectivity index (χ4n) is 3.75. The van der Waals surface area contributed by atoms with Gasteiger partial charge in [0.1, 0.15) is 0 Å². The number of carbonyl (C=O) groups is 1. The average Bonchev–Trinajstić information content (AvgIpc) is 2.54. The predicted octanol–water partition coefficient (Wildman–Crippen LogP) is 1.91. The van der Waals surface area contributed by atoms with E-state index in [1.807, 2.05) is 0 Å². The van der Waals surface area contributed by atoms with Gasteiger partial charge in [0, 0.05) is 19.6 Å². The highest BCUT2D eigenvalue weighted by molar-refractivity contribution is 5.75. The molecular formula is C15H28N2O2. The van der Waals surface area contributed by atoms with Gasteiger partial charge < -0.3 is 14.9 Å². The van der Waals surface area contributed by atoms with Gasteiger partial charge in [-0.1, -0.05) is 19.8 Å². The third-order valence-corrected chi connectivity index (χ3v) is 4.88. The van der Waals surface area contributed by atoms with Gasteiger partial charge in [-0.25, -0.2) is 0 Å². The molecule has 0 amide bonds. The van der Waals surface area contributed by atoms with E-state index in [1.54, 1.807) is 0 Å². The maximum atomic E-state index is 11.8. The standard InChI is InChI=1S/C15H28N2O2/c1-13-5-3-6-15(11-13,14(18)19)12-17-8-4-7-16(2)9-10-17/h13H,3-12H2,1-2H3,(H,18,19). The first kappa shape index (κ1) is 14.8. The van der Waals surface area contributed by atoms with Crippen LogP contribution < -0.4 is 0 Å². The molecular weight excluding hydrogens is 240 g/mol. The van der Waals surface area contributed by atoms with Crippen molar-refractivity contribution < 1.29 is 9.90 Å². The quantitative estimate of drug-likeness (QED) is 0.849. The SMILES string of the molecule is CC1CCCC(CN2CCCN(C)CC2)(C(=O)O)C1. The van der Waals surface area contributed by atoms with Crippen molar-refractivity contribution in [1.82, 2.24) is 9.80 Å². The molecule has 1 N–H and O–H groups in total. The van der Waals surface area contributed by atoms with E-state index in [2.05, 4.69) is 23.8 Å². The Labute approximate surface area is 116 Å². The van der Waals surface area contributed by atoms with Gasteiger partial charge in [0.15, 0.2) is 0 Å². The summed E-state index contributed by atoms with van der Waals surface area (Å²) in [5.74, 6) is -0.0175. The molecule has 2 rings (SSSR count). The Kier molecular flexibility index (Phi) is 4.85.